The van der Waals surface area contributed by atoms with Gasteiger partial charge in [-0.25, -0.2) is 0 Å². The van der Waals surface area contributed by atoms with Gasteiger partial charge in [0, 0.05) is 59.1 Å². The van der Waals surface area contributed by atoms with Crippen LogP contribution in [-0.2, 0) is 39.9 Å². The minimum Gasteiger partial charge on any atom is -0.388 e. The van der Waals surface area contributed by atoms with E-state index in [-0.39, 0.29) is 59.5 Å². The standard InChI is InChI=1S/C32H40BrN5O5.C21H26O5/c1-16(2)12-24-29(40)37-11-7-10-25(37)32(42)38(24)30(41)31(43-32,17(3)4)35-28(39)18-13-20-19-8-6-9-22-26(19)21(27(33)34-22)14-23(20)36(5)15-18;1-19-7-5-13(23)9-12(19)3-4-14-15-6-8-21(26,17(25)11-22)20(15,2)10-16(24)18(14)19/h6,8-9,13,16-18,23-25,34,42H,7,10-12,14-15H2,1-5H3,(H,35,39);5,7,9,14-15,18,22,26H,3-4,6,8,10-11H2,1-2H3/t18-,23-,24+,25+,31-,32+;14-,15-,18+,19-,20-,21-/m10/s1. The molecule has 6 fully saturated rings. The average Bonchev–Trinajstić information content (AvgIpc) is 4.05. The van der Waals surface area contributed by atoms with Gasteiger partial charge in [-0.1, -0.05) is 71.4 Å². The van der Waals surface area contributed by atoms with Crippen molar-refractivity contribution in [1.29, 1.82) is 0 Å². The van der Waals surface area contributed by atoms with Crippen molar-refractivity contribution in [3.63, 3.8) is 0 Å². The Morgan fingerprint density at radius 2 is 1.81 bits per heavy atom. The van der Waals surface area contributed by atoms with Crippen LogP contribution in [0.25, 0.3) is 16.5 Å². The summed E-state index contributed by atoms with van der Waals surface area (Å²) in [5.41, 5.74) is 0.814. The highest BCUT2D eigenvalue weighted by Gasteiger charge is 2.72. The van der Waals surface area contributed by atoms with Crippen molar-refractivity contribution in [2.75, 3.05) is 26.7 Å². The first-order valence-corrected chi connectivity index (χ1v) is 25.8. The normalized spacial score (nSPS) is 38.8. The van der Waals surface area contributed by atoms with E-state index in [1.54, 1.807) is 30.9 Å². The van der Waals surface area contributed by atoms with Gasteiger partial charge in [0.2, 0.25) is 17.5 Å². The molecule has 370 valence electrons. The summed E-state index contributed by atoms with van der Waals surface area (Å²) < 4.78 is 7.43. The van der Waals surface area contributed by atoms with E-state index in [9.17, 15) is 44.1 Å². The number of carbonyl (C=O) groups is 6. The van der Waals surface area contributed by atoms with Crippen molar-refractivity contribution >= 4 is 67.5 Å². The number of hydrogen-bond donors (Lipinski definition) is 5. The Morgan fingerprint density at radius 1 is 1.06 bits per heavy atom. The number of benzene rings is 1. The maximum atomic E-state index is 14.4. The predicted molar refractivity (Wildman–Crippen MR) is 258 cm³/mol. The van der Waals surface area contributed by atoms with Crippen molar-refractivity contribution in [1.82, 2.24) is 25.0 Å². The molecule has 1 aromatic heterocycles. The molecule has 16 heteroatoms. The number of aromatic amines is 1. The van der Waals surface area contributed by atoms with Crippen LogP contribution in [0, 0.1) is 46.3 Å². The van der Waals surface area contributed by atoms with Crippen LogP contribution >= 0.6 is 15.9 Å². The largest absolute Gasteiger partial charge is 0.388 e. The predicted octanol–water partition coefficient (Wildman–Crippen LogP) is 4.96. The summed E-state index contributed by atoms with van der Waals surface area (Å²) in [6.07, 6.45) is 12.3. The number of amides is 3. The number of ketones is 3. The number of likely N-dealkylation sites (N-methyl/N-ethyl adjacent to an activating group) is 1. The molecule has 9 aliphatic rings. The fourth-order valence-corrected chi connectivity index (χ4v) is 15.3. The number of aliphatic hydroxyl groups is 3. The lowest BCUT2D eigenvalue weighted by atomic mass is 9.46. The fourth-order valence-electron chi connectivity index (χ4n) is 14.8. The van der Waals surface area contributed by atoms with Gasteiger partial charge in [-0.05, 0) is 127 Å². The number of allylic oxidation sites excluding steroid dienone is 4. The fraction of sp³-hybridized carbons (Fsp3) is 0.623. The number of aliphatic hydroxyl groups excluding tert-OH is 1. The third-order valence-electron chi connectivity index (χ3n) is 18.3. The highest BCUT2D eigenvalue weighted by Crippen LogP contribution is 2.66. The Bertz CT molecular complexity index is 2670. The maximum absolute atomic E-state index is 14.4. The lowest BCUT2D eigenvalue weighted by Crippen LogP contribution is -2.71. The highest BCUT2D eigenvalue weighted by molar-refractivity contribution is 9.10. The lowest BCUT2D eigenvalue weighted by Gasteiger charge is -2.56. The summed E-state index contributed by atoms with van der Waals surface area (Å²) in [6, 6.07) is 4.76. The second-order valence-electron chi connectivity index (χ2n) is 22.7. The first kappa shape index (κ1) is 48.3. The van der Waals surface area contributed by atoms with Crippen molar-refractivity contribution in [3.05, 3.63) is 63.8 Å². The molecule has 5 N–H and O–H groups in total. The number of fused-ring (bicyclic) bond motifs is 10. The number of ether oxygens (including phenoxy) is 1. The molecule has 11 rings (SSSR count). The number of carbonyl (C=O) groups excluding carboxylic acids is 6. The molecule has 12 atom stereocenters. The molecule has 5 heterocycles. The number of H-pyrrole nitrogens is 1. The van der Waals surface area contributed by atoms with Gasteiger partial charge in [-0.15, -0.1) is 0 Å². The first-order chi connectivity index (χ1) is 32.5. The molecular formula is C53H66BrN5O10. The number of nitrogens with zero attached hydrogens (tertiary/aromatic N) is 3. The summed E-state index contributed by atoms with van der Waals surface area (Å²) in [5.74, 6) is -4.60. The smallest absolute Gasteiger partial charge is 0.281 e. The van der Waals surface area contributed by atoms with E-state index in [0.29, 0.717) is 38.8 Å². The Morgan fingerprint density at radius 3 is 2.52 bits per heavy atom. The number of Topliss-reactive ketones (excluding diaryl/α,β-unsaturated/α-hetero) is 2. The van der Waals surface area contributed by atoms with Crippen molar-refractivity contribution in [3.8, 4) is 0 Å². The number of hydrogen-bond acceptors (Lipinski definition) is 11. The van der Waals surface area contributed by atoms with Gasteiger partial charge in [-0.2, -0.15) is 0 Å². The third-order valence-corrected chi connectivity index (χ3v) is 18.9. The number of rotatable bonds is 7. The lowest BCUT2D eigenvalue weighted by molar-refractivity contribution is -0.322. The Labute approximate surface area is 411 Å². The molecule has 0 unspecified atom stereocenters. The second kappa shape index (κ2) is 16.6. The van der Waals surface area contributed by atoms with Crippen molar-refractivity contribution in [2.45, 2.75) is 135 Å². The zero-order chi connectivity index (χ0) is 49.5. The van der Waals surface area contributed by atoms with Crippen LogP contribution < -0.4 is 5.32 Å². The summed E-state index contributed by atoms with van der Waals surface area (Å²) in [4.78, 5) is 88.2. The summed E-state index contributed by atoms with van der Waals surface area (Å²) in [5, 5.41) is 36.8. The van der Waals surface area contributed by atoms with E-state index >= 15 is 0 Å². The molecule has 69 heavy (non-hydrogen) atoms. The zero-order valence-corrected chi connectivity index (χ0v) is 42.2. The van der Waals surface area contributed by atoms with E-state index in [2.05, 4.69) is 43.3 Å². The third kappa shape index (κ3) is 6.88. The number of nitrogens with one attached hydrogen (secondary N) is 2. The van der Waals surface area contributed by atoms with Gasteiger partial charge >= 0.3 is 0 Å². The molecule has 0 bridgehead atoms. The number of aromatic nitrogens is 1. The number of piperazine rings is 1. The molecule has 5 aliphatic carbocycles. The minimum absolute atomic E-state index is 0.0206. The van der Waals surface area contributed by atoms with Crippen LogP contribution in [0.2, 0.25) is 0 Å². The van der Waals surface area contributed by atoms with Crippen LogP contribution in [0.3, 0.4) is 0 Å². The van der Waals surface area contributed by atoms with Crippen LogP contribution in [-0.4, -0.2) is 132 Å². The zero-order valence-electron chi connectivity index (χ0n) is 40.6. The quantitative estimate of drug-likeness (QED) is 0.251. The van der Waals surface area contributed by atoms with E-state index in [1.165, 1.54) is 15.8 Å². The van der Waals surface area contributed by atoms with Gasteiger partial charge in [0.15, 0.2) is 11.6 Å². The molecular weight excluding hydrogens is 947 g/mol. The second-order valence-corrected chi connectivity index (χ2v) is 23.5. The molecule has 0 radical (unpaired) electrons. The molecule has 3 saturated heterocycles. The monoisotopic (exact) mass is 1010 g/mol. The Balaban J connectivity index is 0.000000181. The molecule has 0 spiro atoms. The van der Waals surface area contributed by atoms with Gasteiger partial charge in [-0.3, -0.25) is 43.3 Å². The minimum atomic E-state index is -2.01. The van der Waals surface area contributed by atoms with Crippen molar-refractivity contribution < 1.29 is 48.8 Å². The molecule has 15 nitrogen and oxygen atoms in total. The Hall–Kier alpha value is -4.32. The van der Waals surface area contributed by atoms with Crippen LogP contribution in [0.1, 0.15) is 104 Å². The van der Waals surface area contributed by atoms with Crippen molar-refractivity contribution in [2.24, 2.45) is 46.3 Å². The van der Waals surface area contributed by atoms with E-state index in [4.69, 9.17) is 4.74 Å². The molecule has 3 amide bonds. The van der Waals surface area contributed by atoms with Gasteiger partial charge in [0.05, 0.1) is 10.5 Å². The van der Waals surface area contributed by atoms with E-state index < -0.39 is 70.3 Å². The topological polar surface area (TPSA) is 210 Å². The first-order valence-electron chi connectivity index (χ1n) is 25.0. The molecule has 4 aliphatic heterocycles. The van der Waals surface area contributed by atoms with Crippen LogP contribution in [0.4, 0.5) is 0 Å². The summed E-state index contributed by atoms with van der Waals surface area (Å²) in [7, 11) is 2.03. The van der Waals surface area contributed by atoms with Gasteiger partial charge in [0.1, 0.15) is 30.1 Å². The van der Waals surface area contributed by atoms with E-state index in [0.717, 1.165) is 52.5 Å². The molecule has 3 saturated carbocycles. The van der Waals surface area contributed by atoms with Crippen LogP contribution in [0.5, 0.6) is 0 Å². The summed E-state index contributed by atoms with van der Waals surface area (Å²) >= 11 is 3.70. The molecule has 2 aromatic rings. The Kier molecular flexibility index (Phi) is 11.6. The highest BCUT2D eigenvalue weighted by atomic mass is 79.9. The van der Waals surface area contributed by atoms with E-state index in [1.807, 2.05) is 53.0 Å². The maximum Gasteiger partial charge on any atom is 0.281 e. The van der Waals surface area contributed by atoms with Crippen LogP contribution in [0.15, 0.2) is 52.7 Å². The summed E-state index contributed by atoms with van der Waals surface area (Å²) in [6.45, 7) is 11.8. The van der Waals surface area contributed by atoms with Gasteiger partial charge < -0.3 is 30.5 Å². The molecule has 1 aromatic carbocycles. The van der Waals surface area contributed by atoms with Gasteiger partial charge in [0.25, 0.3) is 11.8 Å². The number of halogens is 1. The SMILES string of the molecule is CC(C)C[C@H]1C(=O)N2CCC[C@H]2[C@]2(O)O[C@](NC(=O)[C@@H]3C=C4c5cccc6[nH]c(Br)c(c56)C[C@H]4N(C)C3)(C(C)C)C(=O)N12.C[C@]12C=CC(=O)C=C1CC[C@@H]1[C@@H]2C(=O)C[C@@]2(C)[C@H]1CC[C@]2(O)C(=O)CO. The average molecular weight is 1010 g/mol.